The van der Waals surface area contributed by atoms with E-state index in [1.165, 1.54) is 4.90 Å². The standard InChI is InChI=1S/C46H66N6O8S/c1-29-40(61-28-49-29)33-20-18-31(19-21-33)25-48-42(56)37-24-35(53)26-52(37)43(57)41(45(3,4)5)51-39(55)17-11-9-10-14-32-15-12-13-16-34(32)27-59-30(2)36(22-23-38(47)54)50-44(58)60-46(6,7)8/h12-13,15-16,18-21,28,30,35-37,41,53H,9-11,14,17,22-27H2,1-8H3,(H2,47,54)(H,48,56)(H,50,58)(H,51,55)/t30-,35-,36+,37+,41-/m1/s1. The zero-order valence-corrected chi connectivity index (χ0v) is 37.9. The molecule has 1 aliphatic heterocycles. The van der Waals surface area contributed by atoms with E-state index in [1.54, 1.807) is 32.1 Å². The molecule has 1 saturated heterocycles. The van der Waals surface area contributed by atoms with E-state index in [0.717, 1.165) is 52.1 Å². The average molecular weight is 863 g/mol. The van der Waals surface area contributed by atoms with Crippen LogP contribution in [0.25, 0.3) is 10.4 Å². The molecule has 2 aromatic carbocycles. The fraction of sp³-hybridized carbons (Fsp3) is 0.565. The topological polar surface area (TPSA) is 202 Å². The van der Waals surface area contributed by atoms with E-state index in [0.29, 0.717) is 19.4 Å². The number of rotatable bonds is 20. The third-order valence-corrected chi connectivity index (χ3v) is 11.6. The number of carbonyl (C=O) groups is 5. The molecule has 15 heteroatoms. The maximum absolute atomic E-state index is 14.1. The highest BCUT2D eigenvalue weighted by atomic mass is 32.1. The van der Waals surface area contributed by atoms with Gasteiger partial charge >= 0.3 is 6.09 Å². The van der Waals surface area contributed by atoms with Crippen molar-refractivity contribution in [3.05, 3.63) is 76.4 Å². The number of nitrogens with zero attached hydrogens (tertiary/aromatic N) is 2. The van der Waals surface area contributed by atoms with Gasteiger partial charge in [0.05, 0.1) is 40.9 Å². The Kier molecular flexibility index (Phi) is 17.8. The quantitative estimate of drug-likeness (QED) is 0.0833. The zero-order valence-electron chi connectivity index (χ0n) is 37.0. The van der Waals surface area contributed by atoms with Crippen LogP contribution in [0.4, 0.5) is 4.79 Å². The summed E-state index contributed by atoms with van der Waals surface area (Å²) in [6.07, 6.45) is 1.82. The van der Waals surface area contributed by atoms with Crippen molar-refractivity contribution in [1.82, 2.24) is 25.8 Å². The number of aliphatic hydroxyl groups is 1. The number of nitrogens with two attached hydrogens (primary N) is 1. The van der Waals surface area contributed by atoms with E-state index in [1.807, 2.05) is 88.7 Å². The molecule has 5 amide bonds. The summed E-state index contributed by atoms with van der Waals surface area (Å²) in [5, 5.41) is 19.3. The van der Waals surface area contributed by atoms with Crippen LogP contribution in [0.5, 0.6) is 0 Å². The lowest BCUT2D eigenvalue weighted by atomic mass is 9.85. The summed E-state index contributed by atoms with van der Waals surface area (Å²) in [4.78, 5) is 71.7. The van der Waals surface area contributed by atoms with Crippen LogP contribution in [0.1, 0.15) is 116 Å². The van der Waals surface area contributed by atoms with Gasteiger partial charge in [-0.15, -0.1) is 11.3 Å². The molecule has 2 heterocycles. The van der Waals surface area contributed by atoms with Crippen LogP contribution < -0.4 is 21.7 Å². The van der Waals surface area contributed by atoms with E-state index in [-0.39, 0.29) is 44.2 Å². The number of aryl methyl sites for hydroxylation is 2. The molecule has 61 heavy (non-hydrogen) atoms. The van der Waals surface area contributed by atoms with Crippen LogP contribution >= 0.6 is 11.3 Å². The number of hydrogen-bond acceptors (Lipinski definition) is 10. The second-order valence-electron chi connectivity index (χ2n) is 18.0. The summed E-state index contributed by atoms with van der Waals surface area (Å²) in [5.41, 5.74) is 10.9. The zero-order chi connectivity index (χ0) is 44.9. The Labute approximate surface area is 364 Å². The highest BCUT2D eigenvalue weighted by molar-refractivity contribution is 7.13. The van der Waals surface area contributed by atoms with Crippen molar-refractivity contribution < 1.29 is 38.6 Å². The van der Waals surface area contributed by atoms with E-state index < -0.39 is 59.3 Å². The number of thiazole rings is 1. The number of primary amides is 1. The molecular weight excluding hydrogens is 797 g/mol. The van der Waals surface area contributed by atoms with Gasteiger partial charge in [-0.1, -0.05) is 75.7 Å². The second-order valence-corrected chi connectivity index (χ2v) is 18.9. The third kappa shape index (κ3) is 15.5. The molecule has 4 rings (SSSR count). The minimum Gasteiger partial charge on any atom is -0.444 e. The Morgan fingerprint density at radius 3 is 2.26 bits per heavy atom. The number of aromatic nitrogens is 1. The van der Waals surface area contributed by atoms with Crippen molar-refractivity contribution in [3.63, 3.8) is 0 Å². The van der Waals surface area contributed by atoms with Crippen LogP contribution in [0.2, 0.25) is 0 Å². The molecule has 1 fully saturated rings. The summed E-state index contributed by atoms with van der Waals surface area (Å²) in [6.45, 7) is 15.3. The van der Waals surface area contributed by atoms with Crippen LogP contribution in [0, 0.1) is 12.3 Å². The van der Waals surface area contributed by atoms with E-state index in [4.69, 9.17) is 15.2 Å². The Morgan fingerprint density at radius 1 is 0.951 bits per heavy atom. The molecule has 0 spiro atoms. The second kappa shape index (κ2) is 22.3. The predicted octanol–water partition coefficient (Wildman–Crippen LogP) is 6.09. The number of unbranched alkanes of at least 4 members (excludes halogenated alkanes) is 2. The number of β-amino-alcohol motifs (C(OH)–C–C–N with tert-alkyl or cyclic N) is 1. The lowest BCUT2D eigenvalue weighted by Gasteiger charge is -2.35. The van der Waals surface area contributed by atoms with Gasteiger partial charge in [-0.3, -0.25) is 19.2 Å². The van der Waals surface area contributed by atoms with E-state index in [2.05, 4.69) is 20.9 Å². The fourth-order valence-electron chi connectivity index (χ4n) is 7.25. The van der Waals surface area contributed by atoms with Crippen LogP contribution in [-0.2, 0) is 48.2 Å². The molecule has 3 aromatic rings. The van der Waals surface area contributed by atoms with Gasteiger partial charge in [-0.25, -0.2) is 9.78 Å². The summed E-state index contributed by atoms with van der Waals surface area (Å²) >= 11 is 1.57. The van der Waals surface area contributed by atoms with Gasteiger partial charge < -0.3 is 41.2 Å². The fourth-order valence-corrected chi connectivity index (χ4v) is 8.06. The number of nitrogens with one attached hydrogen (secondary N) is 3. The Hall–Kier alpha value is -4.86. The van der Waals surface area contributed by atoms with Crippen LogP contribution in [0.15, 0.2) is 54.0 Å². The summed E-state index contributed by atoms with van der Waals surface area (Å²) < 4.78 is 11.6. The van der Waals surface area contributed by atoms with Gasteiger partial charge in [-0.2, -0.15) is 0 Å². The maximum atomic E-state index is 14.1. The van der Waals surface area contributed by atoms with E-state index >= 15 is 0 Å². The van der Waals surface area contributed by atoms with Crippen LogP contribution in [0.3, 0.4) is 0 Å². The van der Waals surface area contributed by atoms with Gasteiger partial charge in [0, 0.05) is 32.4 Å². The molecule has 0 saturated carbocycles. The number of hydrogen-bond donors (Lipinski definition) is 5. The lowest BCUT2D eigenvalue weighted by molar-refractivity contribution is -0.144. The highest BCUT2D eigenvalue weighted by Gasteiger charge is 2.44. The molecule has 5 atom stereocenters. The first-order valence-corrected chi connectivity index (χ1v) is 22.1. The minimum absolute atomic E-state index is 0.00649. The summed E-state index contributed by atoms with van der Waals surface area (Å²) in [6, 6.07) is 13.6. The molecule has 1 aliphatic rings. The number of aliphatic hydroxyl groups excluding tert-OH is 1. The number of likely N-dealkylation sites (tertiary alicyclic amines) is 1. The first-order chi connectivity index (χ1) is 28.7. The molecule has 1 aromatic heterocycles. The summed E-state index contributed by atoms with van der Waals surface area (Å²) in [5.74, 6) is -1.47. The highest BCUT2D eigenvalue weighted by Crippen LogP contribution is 2.29. The van der Waals surface area contributed by atoms with Crippen molar-refractivity contribution >= 4 is 41.1 Å². The van der Waals surface area contributed by atoms with Crippen LogP contribution in [-0.4, -0.2) is 87.2 Å². The smallest absolute Gasteiger partial charge is 0.407 e. The van der Waals surface area contributed by atoms with Gasteiger partial charge in [-0.05, 0) is 88.0 Å². The Bertz CT molecular complexity index is 1940. The van der Waals surface area contributed by atoms with Crippen molar-refractivity contribution in [2.45, 2.75) is 156 Å². The van der Waals surface area contributed by atoms with Gasteiger partial charge in [0.2, 0.25) is 23.6 Å². The number of alkyl carbamates (subject to hydrolysis) is 1. The average Bonchev–Trinajstić information content (AvgIpc) is 3.80. The molecular formula is C46H66N6O8S. The molecule has 0 radical (unpaired) electrons. The molecule has 14 nitrogen and oxygen atoms in total. The minimum atomic E-state index is -0.896. The Balaban J connectivity index is 1.26. The Morgan fingerprint density at radius 2 is 1.64 bits per heavy atom. The number of carbonyl (C=O) groups excluding carboxylic acids is 5. The first kappa shape index (κ1) is 48.8. The van der Waals surface area contributed by atoms with Gasteiger partial charge in [0.15, 0.2) is 0 Å². The largest absolute Gasteiger partial charge is 0.444 e. The summed E-state index contributed by atoms with van der Waals surface area (Å²) in [7, 11) is 0. The molecule has 0 bridgehead atoms. The maximum Gasteiger partial charge on any atom is 0.407 e. The van der Waals surface area contributed by atoms with E-state index in [9.17, 15) is 29.1 Å². The van der Waals surface area contributed by atoms with Gasteiger partial charge in [0.25, 0.3) is 0 Å². The third-order valence-electron chi connectivity index (χ3n) is 10.7. The van der Waals surface area contributed by atoms with Gasteiger partial charge in [0.1, 0.15) is 17.7 Å². The SMILES string of the molecule is Cc1ncsc1-c1ccc(CNC(=O)[C@@H]2C[C@@H](O)CN2C(=O)[C@@H](NC(=O)CCCCCc2ccccc2CO[C@H](C)[C@H](CCC(N)=O)NC(=O)OC(C)(C)C)C(C)(C)C)cc1. The van der Waals surface area contributed by atoms with Crippen molar-refractivity contribution in [2.24, 2.45) is 11.1 Å². The monoisotopic (exact) mass is 862 g/mol. The molecule has 6 N–H and O–H groups in total. The van der Waals surface area contributed by atoms with Crippen molar-refractivity contribution in [2.75, 3.05) is 6.54 Å². The molecule has 0 unspecified atom stereocenters. The van der Waals surface area contributed by atoms with Crippen molar-refractivity contribution in [3.8, 4) is 10.4 Å². The number of amides is 5. The number of benzene rings is 2. The number of ether oxygens (including phenoxy) is 2. The normalized spacial score (nSPS) is 17.0. The molecule has 0 aliphatic carbocycles. The molecule has 334 valence electrons. The first-order valence-electron chi connectivity index (χ1n) is 21.2. The van der Waals surface area contributed by atoms with Crippen molar-refractivity contribution in [1.29, 1.82) is 0 Å². The lowest BCUT2D eigenvalue weighted by Crippen LogP contribution is -2.57. The predicted molar refractivity (Wildman–Crippen MR) is 236 cm³/mol.